The minimum absolute atomic E-state index is 0.283. The fourth-order valence-electron chi connectivity index (χ4n) is 1.48. The summed E-state index contributed by atoms with van der Waals surface area (Å²) in [5, 5.41) is 0. The van der Waals surface area contributed by atoms with E-state index in [4.69, 9.17) is 11.6 Å². The Bertz CT molecular complexity index is 134. The van der Waals surface area contributed by atoms with Gasteiger partial charge in [0.2, 0.25) is 0 Å². The molecule has 0 aromatic heterocycles. The predicted molar refractivity (Wildman–Crippen MR) is 58.3 cm³/mol. The molecule has 0 rings (SSSR count). The first-order valence-electron chi connectivity index (χ1n) is 5.69. The van der Waals surface area contributed by atoms with Gasteiger partial charge in [-0.2, -0.15) is 13.2 Å². The van der Waals surface area contributed by atoms with Crippen molar-refractivity contribution in [2.24, 2.45) is 0 Å². The highest BCUT2D eigenvalue weighted by Gasteiger charge is 2.25. The standard InChI is InChI=1S/C11H20ClF3/c12-10-8-6-4-2-1-3-5-7-9-11(13,14)15/h1-10H2. The van der Waals surface area contributed by atoms with Crippen LogP contribution in [0.2, 0.25) is 0 Å². The van der Waals surface area contributed by atoms with Gasteiger partial charge >= 0.3 is 6.18 Å². The Hall–Kier alpha value is 0.0800. The molecule has 15 heavy (non-hydrogen) atoms. The summed E-state index contributed by atoms with van der Waals surface area (Å²) in [6.07, 6.45) is 2.85. The van der Waals surface area contributed by atoms with Crippen LogP contribution in [0.4, 0.5) is 13.2 Å². The largest absolute Gasteiger partial charge is 0.389 e. The molecule has 0 amide bonds. The van der Waals surface area contributed by atoms with E-state index in [0.717, 1.165) is 38.5 Å². The maximum absolute atomic E-state index is 11.8. The monoisotopic (exact) mass is 244 g/mol. The molecule has 0 unspecified atom stereocenters. The first-order valence-corrected chi connectivity index (χ1v) is 6.22. The van der Waals surface area contributed by atoms with Crippen LogP contribution in [0, 0.1) is 0 Å². The summed E-state index contributed by atoms with van der Waals surface area (Å²) in [4.78, 5) is 0. The fraction of sp³-hybridized carbons (Fsp3) is 1.00. The molecule has 0 aromatic carbocycles. The van der Waals surface area contributed by atoms with E-state index in [0.29, 0.717) is 12.3 Å². The van der Waals surface area contributed by atoms with Gasteiger partial charge in [0.1, 0.15) is 0 Å². The van der Waals surface area contributed by atoms with Crippen molar-refractivity contribution in [3.8, 4) is 0 Å². The van der Waals surface area contributed by atoms with Crippen LogP contribution in [0.5, 0.6) is 0 Å². The van der Waals surface area contributed by atoms with Crippen molar-refractivity contribution in [2.75, 3.05) is 5.88 Å². The lowest BCUT2D eigenvalue weighted by atomic mass is 10.1. The highest BCUT2D eigenvalue weighted by Crippen LogP contribution is 2.23. The third-order valence-corrected chi connectivity index (χ3v) is 2.61. The molecule has 92 valence electrons. The van der Waals surface area contributed by atoms with Crippen molar-refractivity contribution in [1.29, 1.82) is 0 Å². The molecule has 0 spiro atoms. The van der Waals surface area contributed by atoms with E-state index < -0.39 is 12.6 Å². The molecular formula is C11H20ClF3. The molecule has 0 radical (unpaired) electrons. The highest BCUT2D eigenvalue weighted by atomic mass is 35.5. The molecule has 0 heterocycles. The third-order valence-electron chi connectivity index (χ3n) is 2.34. The zero-order chi connectivity index (χ0) is 11.6. The summed E-state index contributed by atoms with van der Waals surface area (Å²) in [6.45, 7) is 0. The van der Waals surface area contributed by atoms with Gasteiger partial charge in [-0.15, -0.1) is 11.6 Å². The maximum atomic E-state index is 11.8. The van der Waals surface area contributed by atoms with Gasteiger partial charge < -0.3 is 0 Å². The van der Waals surface area contributed by atoms with Crippen molar-refractivity contribution in [3.63, 3.8) is 0 Å². The Morgan fingerprint density at radius 3 is 1.47 bits per heavy atom. The molecule has 0 saturated heterocycles. The molecule has 0 fully saturated rings. The van der Waals surface area contributed by atoms with Crippen molar-refractivity contribution in [3.05, 3.63) is 0 Å². The second-order valence-corrected chi connectivity index (χ2v) is 4.26. The summed E-state index contributed by atoms with van der Waals surface area (Å²) in [7, 11) is 0. The van der Waals surface area contributed by atoms with E-state index in [1.54, 1.807) is 0 Å². The minimum atomic E-state index is -3.97. The topological polar surface area (TPSA) is 0 Å². The molecule has 0 aliphatic heterocycles. The van der Waals surface area contributed by atoms with E-state index in [1.807, 2.05) is 0 Å². The summed E-state index contributed by atoms with van der Waals surface area (Å²) < 4.78 is 35.3. The number of unbranched alkanes of at least 4 members (excludes halogenated alkanes) is 7. The molecule has 0 aromatic rings. The van der Waals surface area contributed by atoms with Crippen LogP contribution in [0.1, 0.15) is 57.8 Å². The summed E-state index contributed by atoms with van der Waals surface area (Å²) in [6, 6.07) is 0. The molecule has 0 atom stereocenters. The van der Waals surface area contributed by atoms with E-state index in [1.165, 1.54) is 0 Å². The average molecular weight is 245 g/mol. The molecule has 0 nitrogen and oxygen atoms in total. The summed E-state index contributed by atoms with van der Waals surface area (Å²) in [5.74, 6) is 0.714. The molecule has 0 bridgehead atoms. The zero-order valence-electron chi connectivity index (χ0n) is 9.08. The zero-order valence-corrected chi connectivity index (χ0v) is 9.84. The smallest absolute Gasteiger partial charge is 0.171 e. The first-order chi connectivity index (χ1) is 7.06. The Morgan fingerprint density at radius 2 is 1.07 bits per heavy atom. The van der Waals surface area contributed by atoms with E-state index >= 15 is 0 Å². The van der Waals surface area contributed by atoms with Crippen molar-refractivity contribution in [2.45, 2.75) is 64.0 Å². The summed E-state index contributed by atoms with van der Waals surface area (Å²) >= 11 is 5.52. The van der Waals surface area contributed by atoms with Crippen LogP contribution < -0.4 is 0 Å². The lowest BCUT2D eigenvalue weighted by molar-refractivity contribution is -0.135. The van der Waals surface area contributed by atoms with E-state index in [-0.39, 0.29) is 6.42 Å². The summed E-state index contributed by atoms with van der Waals surface area (Å²) in [5.41, 5.74) is 0. The van der Waals surface area contributed by atoms with Gasteiger partial charge in [0.05, 0.1) is 0 Å². The van der Waals surface area contributed by atoms with Crippen molar-refractivity contribution >= 4 is 11.6 Å². The number of rotatable bonds is 9. The normalized spacial score (nSPS) is 12.0. The van der Waals surface area contributed by atoms with E-state index in [2.05, 4.69) is 0 Å². The van der Waals surface area contributed by atoms with Crippen LogP contribution in [0.15, 0.2) is 0 Å². The highest BCUT2D eigenvalue weighted by molar-refractivity contribution is 6.17. The molecule has 0 aliphatic rings. The number of hydrogen-bond acceptors (Lipinski definition) is 0. The van der Waals surface area contributed by atoms with Gasteiger partial charge in [-0.1, -0.05) is 38.5 Å². The van der Waals surface area contributed by atoms with Crippen LogP contribution in [-0.4, -0.2) is 12.1 Å². The lowest BCUT2D eigenvalue weighted by Gasteiger charge is -2.05. The molecule has 0 N–H and O–H groups in total. The predicted octanol–water partition coefficient (Wildman–Crippen LogP) is 5.30. The van der Waals surface area contributed by atoms with Crippen molar-refractivity contribution < 1.29 is 13.2 Å². The Morgan fingerprint density at radius 1 is 0.667 bits per heavy atom. The number of halogens is 4. The molecule has 4 heteroatoms. The second kappa shape index (κ2) is 9.32. The Kier molecular flexibility index (Phi) is 9.37. The average Bonchev–Trinajstić information content (AvgIpc) is 2.14. The van der Waals surface area contributed by atoms with Crippen molar-refractivity contribution in [1.82, 2.24) is 0 Å². The second-order valence-electron chi connectivity index (χ2n) is 3.88. The van der Waals surface area contributed by atoms with Gasteiger partial charge in [-0.3, -0.25) is 0 Å². The Labute approximate surface area is 95.2 Å². The van der Waals surface area contributed by atoms with Gasteiger partial charge in [-0.05, 0) is 12.8 Å². The maximum Gasteiger partial charge on any atom is 0.389 e. The van der Waals surface area contributed by atoms with Gasteiger partial charge in [0, 0.05) is 12.3 Å². The minimum Gasteiger partial charge on any atom is -0.171 e. The van der Waals surface area contributed by atoms with Crippen LogP contribution in [0.3, 0.4) is 0 Å². The van der Waals surface area contributed by atoms with Gasteiger partial charge in [0.15, 0.2) is 0 Å². The van der Waals surface area contributed by atoms with Crippen LogP contribution in [-0.2, 0) is 0 Å². The van der Waals surface area contributed by atoms with Crippen LogP contribution >= 0.6 is 11.6 Å². The fourth-order valence-corrected chi connectivity index (χ4v) is 1.67. The Balaban J connectivity index is 2.99. The number of alkyl halides is 4. The van der Waals surface area contributed by atoms with E-state index in [9.17, 15) is 13.2 Å². The lowest BCUT2D eigenvalue weighted by Crippen LogP contribution is -2.06. The molecule has 0 saturated carbocycles. The van der Waals surface area contributed by atoms with Gasteiger partial charge in [0.25, 0.3) is 0 Å². The third kappa shape index (κ3) is 14.1. The van der Waals surface area contributed by atoms with Crippen LogP contribution in [0.25, 0.3) is 0 Å². The molecule has 0 aliphatic carbocycles. The number of hydrogen-bond donors (Lipinski definition) is 0. The SMILES string of the molecule is FC(F)(F)CCCCCCCCCCCl. The van der Waals surface area contributed by atoms with Gasteiger partial charge in [-0.25, -0.2) is 0 Å². The first kappa shape index (κ1) is 15.1. The molecular weight excluding hydrogens is 225 g/mol. The quantitative estimate of drug-likeness (QED) is 0.381.